The number of pyridine rings is 1. The lowest BCUT2D eigenvalue weighted by atomic mass is 10.0. The molecule has 1 aliphatic rings. The predicted octanol–water partition coefficient (Wildman–Crippen LogP) is 2.31. The number of furan rings is 1. The smallest absolute Gasteiger partial charge is 0.323 e. The number of carbonyl (C=O) groups excluding carboxylic acids is 3. The maximum absolute atomic E-state index is 13.4. The van der Waals surface area contributed by atoms with E-state index in [0.717, 1.165) is 21.5 Å². The van der Waals surface area contributed by atoms with Gasteiger partial charge in [-0.05, 0) is 37.3 Å². The van der Waals surface area contributed by atoms with E-state index in [9.17, 15) is 28.0 Å². The number of nitrogens with zero attached hydrogens (tertiary/aromatic N) is 2. The third-order valence-corrected chi connectivity index (χ3v) is 8.85. The topological polar surface area (TPSA) is 153 Å². The van der Waals surface area contributed by atoms with Crippen molar-refractivity contribution in [3.63, 3.8) is 0 Å². The Labute approximate surface area is 233 Å². The van der Waals surface area contributed by atoms with Gasteiger partial charge in [-0.15, -0.1) is 0 Å². The molecule has 4 rings (SSSR count). The minimum Gasteiger partial charge on any atom is -0.618 e. The third kappa shape index (κ3) is 6.18. The number of Topliss-reactive ketones (excluding diaryl/α,β-unsaturated/α-hetero) is 1. The highest BCUT2D eigenvalue weighted by Crippen LogP contribution is 2.26. The normalized spacial score (nSPS) is 17.5. The average Bonchev–Trinajstić information content (AvgIpc) is 3.20. The molecule has 1 fully saturated rings. The number of aromatic nitrogens is 1. The second-order valence-electron chi connectivity index (χ2n) is 10.2. The molecule has 11 nitrogen and oxygen atoms in total. The van der Waals surface area contributed by atoms with E-state index < -0.39 is 38.9 Å². The number of nitrogens with one attached hydrogen (secondary N) is 2. The first-order valence-electron chi connectivity index (χ1n) is 13.4. The molecule has 2 aromatic heterocycles. The van der Waals surface area contributed by atoms with Gasteiger partial charge in [0, 0.05) is 42.6 Å². The van der Waals surface area contributed by atoms with Crippen molar-refractivity contribution in [2.45, 2.75) is 63.6 Å². The second-order valence-corrected chi connectivity index (χ2v) is 12.1. The number of fused-ring (bicyclic) bond motifs is 1. The van der Waals surface area contributed by atoms with Crippen LogP contribution in [0.1, 0.15) is 56.2 Å². The van der Waals surface area contributed by atoms with E-state index in [2.05, 4.69) is 10.6 Å². The first kappa shape index (κ1) is 29.2. The Morgan fingerprint density at radius 1 is 1.15 bits per heavy atom. The lowest BCUT2D eigenvalue weighted by Crippen LogP contribution is -2.52. The van der Waals surface area contributed by atoms with Crippen LogP contribution < -0.4 is 15.4 Å². The molecule has 2 amide bonds. The van der Waals surface area contributed by atoms with Gasteiger partial charge in [0.05, 0.1) is 6.04 Å². The number of ketones is 1. The van der Waals surface area contributed by atoms with Crippen LogP contribution in [0.25, 0.3) is 11.0 Å². The largest absolute Gasteiger partial charge is 0.618 e. The van der Waals surface area contributed by atoms with Gasteiger partial charge in [0.25, 0.3) is 5.91 Å². The highest BCUT2D eigenvalue weighted by molar-refractivity contribution is 7.88. The first-order valence-corrected chi connectivity index (χ1v) is 14.8. The second kappa shape index (κ2) is 12.2. The van der Waals surface area contributed by atoms with E-state index >= 15 is 0 Å². The fraction of sp³-hybridized carbons (Fsp3) is 0.429. The Morgan fingerprint density at radius 2 is 1.88 bits per heavy atom. The van der Waals surface area contributed by atoms with Crippen LogP contribution >= 0.6 is 0 Å². The maximum atomic E-state index is 13.4. The zero-order valence-corrected chi connectivity index (χ0v) is 23.6. The molecular weight excluding hydrogens is 536 g/mol. The fourth-order valence-corrected chi connectivity index (χ4v) is 6.41. The quantitative estimate of drug-likeness (QED) is 0.296. The zero-order valence-electron chi connectivity index (χ0n) is 22.8. The summed E-state index contributed by atoms with van der Waals surface area (Å²) in [6, 6.07) is 9.54. The van der Waals surface area contributed by atoms with E-state index in [0.29, 0.717) is 18.4 Å². The zero-order chi connectivity index (χ0) is 29.0. The molecule has 214 valence electrons. The summed E-state index contributed by atoms with van der Waals surface area (Å²) in [5.74, 6) is -1.19. The third-order valence-electron chi connectivity index (χ3n) is 6.96. The van der Waals surface area contributed by atoms with Crippen LogP contribution in [0.3, 0.4) is 0 Å². The number of hydrogen-bond donors (Lipinski definition) is 2. The van der Waals surface area contributed by atoms with Crippen LogP contribution in [0.2, 0.25) is 0 Å². The summed E-state index contributed by atoms with van der Waals surface area (Å²) in [6.45, 7) is 5.57. The molecular formula is C28H34N4O7S. The van der Waals surface area contributed by atoms with Gasteiger partial charge in [0.1, 0.15) is 11.6 Å². The molecule has 3 heterocycles. The Bertz CT molecular complexity index is 1520. The molecule has 0 aliphatic carbocycles. The molecule has 1 saturated heterocycles. The molecule has 3 aromatic rings. The molecule has 0 spiro atoms. The number of para-hydroxylation sites is 1. The molecule has 12 heteroatoms. The van der Waals surface area contributed by atoms with Crippen molar-refractivity contribution in [2.24, 2.45) is 5.92 Å². The van der Waals surface area contributed by atoms with E-state index in [1.807, 2.05) is 39.0 Å². The summed E-state index contributed by atoms with van der Waals surface area (Å²) in [6.07, 6.45) is 1.87. The minimum atomic E-state index is -4.14. The summed E-state index contributed by atoms with van der Waals surface area (Å²) >= 11 is 0. The highest BCUT2D eigenvalue weighted by atomic mass is 32.2. The van der Waals surface area contributed by atoms with Gasteiger partial charge in [-0.2, -0.15) is 9.04 Å². The molecule has 0 saturated carbocycles. The minimum absolute atomic E-state index is 0.0292. The van der Waals surface area contributed by atoms with Crippen molar-refractivity contribution in [1.29, 1.82) is 0 Å². The van der Waals surface area contributed by atoms with Gasteiger partial charge >= 0.3 is 15.0 Å². The van der Waals surface area contributed by atoms with Crippen LogP contribution in [-0.2, 0) is 26.0 Å². The van der Waals surface area contributed by atoms with Gasteiger partial charge in [-0.25, -0.2) is 8.42 Å². The number of sulfonamides is 1. The van der Waals surface area contributed by atoms with Gasteiger partial charge in [-0.1, -0.05) is 39.0 Å². The summed E-state index contributed by atoms with van der Waals surface area (Å²) in [7, 11) is -4.14. The van der Waals surface area contributed by atoms with Crippen molar-refractivity contribution in [2.75, 3.05) is 13.1 Å². The summed E-state index contributed by atoms with van der Waals surface area (Å²) in [4.78, 5) is 39.5. The molecule has 40 heavy (non-hydrogen) atoms. The molecule has 0 unspecified atom stereocenters. The summed E-state index contributed by atoms with van der Waals surface area (Å²) in [5.41, 5.74) is 1.32. The van der Waals surface area contributed by atoms with E-state index in [4.69, 9.17) is 4.42 Å². The molecule has 2 N–H and O–H groups in total. The van der Waals surface area contributed by atoms with Gasteiger partial charge < -0.3 is 20.3 Å². The Balaban J connectivity index is 1.48. The molecule has 0 radical (unpaired) electrons. The standard InChI is InChI=1S/C28H34N4O7S/c1-4-19-20-9-5-6-10-24(20)39-26(19)28(35)30-22(17-18(2)3)27(34)29-21-12-15-31(16-13-23(21)33)40(37,38)25-11-7-8-14-32(25)36/h5-11,14,18,21-22H,4,12-13,15-17H2,1-3H3,(H,29,34)(H,30,35)/t21-,22-/m0/s1. The summed E-state index contributed by atoms with van der Waals surface area (Å²) < 4.78 is 33.3. The summed E-state index contributed by atoms with van der Waals surface area (Å²) in [5, 5.41) is 18.0. The monoisotopic (exact) mass is 570 g/mol. The average molecular weight is 571 g/mol. The van der Waals surface area contributed by atoms with Crippen molar-refractivity contribution < 1.29 is 31.9 Å². The van der Waals surface area contributed by atoms with Crippen LogP contribution in [0, 0.1) is 11.1 Å². The predicted molar refractivity (Wildman–Crippen MR) is 147 cm³/mol. The highest BCUT2D eigenvalue weighted by Gasteiger charge is 2.36. The van der Waals surface area contributed by atoms with Crippen LogP contribution in [0.4, 0.5) is 0 Å². The number of aryl methyl sites for hydroxylation is 1. The molecule has 2 atom stereocenters. The van der Waals surface area contributed by atoms with E-state index in [1.165, 1.54) is 18.2 Å². The molecule has 1 aliphatic heterocycles. The number of benzene rings is 1. The Hall–Kier alpha value is -3.77. The number of carbonyl (C=O) groups is 3. The van der Waals surface area contributed by atoms with E-state index in [1.54, 1.807) is 6.07 Å². The van der Waals surface area contributed by atoms with Crippen molar-refractivity contribution in [3.05, 3.63) is 65.2 Å². The lowest BCUT2D eigenvalue weighted by molar-refractivity contribution is -0.646. The van der Waals surface area contributed by atoms with E-state index in [-0.39, 0.29) is 48.1 Å². The SMILES string of the molecule is CCc1c(C(=O)N[C@@H](CC(C)C)C(=O)N[C@H]2CCN(S(=O)(=O)c3cccc[n+]3[O-])CCC2=O)oc2ccccc12. The molecule has 1 aromatic carbocycles. The Kier molecular flexibility index (Phi) is 8.89. The fourth-order valence-electron chi connectivity index (χ4n) is 4.92. The Morgan fingerprint density at radius 3 is 2.58 bits per heavy atom. The first-order chi connectivity index (χ1) is 19.0. The van der Waals surface area contributed by atoms with Gasteiger partial charge in [0.15, 0.2) is 17.7 Å². The van der Waals surface area contributed by atoms with Crippen molar-refractivity contribution >= 4 is 38.6 Å². The number of hydrogen-bond acceptors (Lipinski definition) is 7. The van der Waals surface area contributed by atoms with Crippen LogP contribution in [-0.4, -0.2) is 55.5 Å². The number of amides is 2. The van der Waals surface area contributed by atoms with Crippen LogP contribution in [0.15, 0.2) is 58.1 Å². The van der Waals surface area contributed by atoms with Crippen molar-refractivity contribution in [3.8, 4) is 0 Å². The van der Waals surface area contributed by atoms with Gasteiger partial charge in [0.2, 0.25) is 5.91 Å². The maximum Gasteiger partial charge on any atom is 0.323 e. The van der Waals surface area contributed by atoms with Crippen LogP contribution in [0.5, 0.6) is 0 Å². The lowest BCUT2D eigenvalue weighted by Gasteiger charge is -2.23. The number of rotatable bonds is 9. The molecule has 0 bridgehead atoms. The van der Waals surface area contributed by atoms with Gasteiger partial charge in [-0.3, -0.25) is 14.4 Å². The van der Waals surface area contributed by atoms with Crippen molar-refractivity contribution in [1.82, 2.24) is 14.9 Å².